The number of amides is 2. The van der Waals surface area contributed by atoms with Gasteiger partial charge in [-0.3, -0.25) is 4.79 Å². The molecule has 1 unspecified atom stereocenters. The van der Waals surface area contributed by atoms with Gasteiger partial charge < -0.3 is 20.1 Å². The molecule has 2 amide bonds. The van der Waals surface area contributed by atoms with Crippen molar-refractivity contribution in [2.24, 2.45) is 0 Å². The van der Waals surface area contributed by atoms with Crippen molar-refractivity contribution in [2.75, 3.05) is 13.7 Å². The molecule has 1 heterocycles. The Morgan fingerprint density at radius 3 is 2.65 bits per heavy atom. The fraction of sp³-hybridized carbons (Fsp3) is 0.769. The first kappa shape index (κ1) is 16.3. The molecule has 7 heteroatoms. The summed E-state index contributed by atoms with van der Waals surface area (Å²) in [5.74, 6) is -1.91. The van der Waals surface area contributed by atoms with E-state index in [9.17, 15) is 14.4 Å². The maximum absolute atomic E-state index is 12.1. The number of esters is 1. The maximum Gasteiger partial charge on any atom is 0.326 e. The van der Waals surface area contributed by atoms with Crippen molar-refractivity contribution in [3.8, 4) is 0 Å². The van der Waals surface area contributed by atoms with Gasteiger partial charge in [0, 0.05) is 12.6 Å². The standard InChI is InChI=1S/C13H22N2O5/c1-9-6-4-3-5-7-15(9)13(19)14-10(12(17)18)8-11(16)20-2/h9-10H,3-8H2,1-2H3,(H,14,19)(H,17,18)/t9?,10-/m0/s1. The molecule has 0 radical (unpaired) electrons. The molecule has 2 atom stereocenters. The summed E-state index contributed by atoms with van der Waals surface area (Å²) in [4.78, 5) is 36.0. The monoisotopic (exact) mass is 286 g/mol. The number of carbonyl (C=O) groups is 3. The Kier molecular flexibility index (Phi) is 6.27. The van der Waals surface area contributed by atoms with Crippen molar-refractivity contribution in [3.63, 3.8) is 0 Å². The van der Waals surface area contributed by atoms with Gasteiger partial charge in [0.2, 0.25) is 0 Å². The van der Waals surface area contributed by atoms with Crippen LogP contribution in [0, 0.1) is 0 Å². The van der Waals surface area contributed by atoms with Gasteiger partial charge in [0.1, 0.15) is 6.04 Å². The van der Waals surface area contributed by atoms with Crippen molar-refractivity contribution >= 4 is 18.0 Å². The lowest BCUT2D eigenvalue weighted by Crippen LogP contribution is -2.51. The highest BCUT2D eigenvalue weighted by Crippen LogP contribution is 2.16. The first-order chi connectivity index (χ1) is 9.45. The highest BCUT2D eigenvalue weighted by atomic mass is 16.5. The molecule has 20 heavy (non-hydrogen) atoms. The Hall–Kier alpha value is -1.79. The number of ether oxygens (including phenoxy) is 1. The molecule has 0 saturated carbocycles. The third-order valence-electron chi connectivity index (χ3n) is 3.51. The summed E-state index contributed by atoms with van der Waals surface area (Å²) in [6.45, 7) is 2.55. The predicted molar refractivity (Wildman–Crippen MR) is 71.2 cm³/mol. The molecular weight excluding hydrogens is 264 g/mol. The number of likely N-dealkylation sites (tertiary alicyclic amines) is 1. The zero-order chi connectivity index (χ0) is 15.1. The third kappa shape index (κ3) is 4.71. The molecule has 1 aliphatic rings. The summed E-state index contributed by atoms with van der Waals surface area (Å²) in [6, 6.07) is -1.62. The zero-order valence-electron chi connectivity index (χ0n) is 11.9. The van der Waals surface area contributed by atoms with E-state index < -0.39 is 24.0 Å². The van der Waals surface area contributed by atoms with Crippen LogP contribution < -0.4 is 5.32 Å². The number of nitrogens with zero attached hydrogens (tertiary/aromatic N) is 1. The van der Waals surface area contributed by atoms with E-state index in [2.05, 4.69) is 10.1 Å². The molecule has 0 bridgehead atoms. The normalized spacial score (nSPS) is 20.7. The highest BCUT2D eigenvalue weighted by molar-refractivity contribution is 5.86. The van der Waals surface area contributed by atoms with E-state index in [1.807, 2.05) is 6.92 Å². The van der Waals surface area contributed by atoms with Crippen molar-refractivity contribution in [2.45, 2.75) is 51.1 Å². The van der Waals surface area contributed by atoms with Gasteiger partial charge >= 0.3 is 18.0 Å². The smallest absolute Gasteiger partial charge is 0.326 e. The lowest BCUT2D eigenvalue weighted by atomic mass is 10.1. The number of carboxylic acids is 1. The molecule has 1 saturated heterocycles. The van der Waals surface area contributed by atoms with Gasteiger partial charge in [0.15, 0.2) is 0 Å². The van der Waals surface area contributed by atoms with Crippen molar-refractivity contribution in [3.05, 3.63) is 0 Å². The summed E-state index contributed by atoms with van der Waals surface area (Å²) in [7, 11) is 1.18. The van der Waals surface area contributed by atoms with Crippen LogP contribution in [0.4, 0.5) is 4.79 Å². The van der Waals surface area contributed by atoms with Gasteiger partial charge in [-0.15, -0.1) is 0 Å². The van der Waals surface area contributed by atoms with Crippen LogP contribution in [0.25, 0.3) is 0 Å². The Morgan fingerprint density at radius 1 is 1.35 bits per heavy atom. The molecule has 7 nitrogen and oxygen atoms in total. The Labute approximate surface area is 118 Å². The van der Waals surface area contributed by atoms with Crippen LogP contribution in [0.5, 0.6) is 0 Å². The van der Waals surface area contributed by atoms with Gasteiger partial charge in [0.05, 0.1) is 13.5 Å². The molecule has 2 N–H and O–H groups in total. The average Bonchev–Trinajstić information content (AvgIpc) is 2.62. The molecule has 0 aromatic heterocycles. The largest absolute Gasteiger partial charge is 0.480 e. The minimum atomic E-state index is -1.26. The molecular formula is C13H22N2O5. The van der Waals surface area contributed by atoms with Gasteiger partial charge in [-0.05, 0) is 19.8 Å². The topological polar surface area (TPSA) is 95.9 Å². The van der Waals surface area contributed by atoms with Gasteiger partial charge in [-0.1, -0.05) is 12.8 Å². The first-order valence-corrected chi connectivity index (χ1v) is 6.82. The zero-order valence-corrected chi connectivity index (χ0v) is 11.9. The van der Waals surface area contributed by atoms with E-state index in [-0.39, 0.29) is 12.5 Å². The van der Waals surface area contributed by atoms with Gasteiger partial charge in [0.25, 0.3) is 0 Å². The number of aliphatic carboxylic acids is 1. The Balaban J connectivity index is 2.64. The predicted octanol–water partition coefficient (Wildman–Crippen LogP) is 0.977. The van der Waals surface area contributed by atoms with Gasteiger partial charge in [-0.2, -0.15) is 0 Å². The number of carboxylic acid groups (broad SMARTS) is 1. The van der Waals surface area contributed by atoms with Crippen molar-refractivity contribution in [1.82, 2.24) is 10.2 Å². The van der Waals surface area contributed by atoms with E-state index in [0.29, 0.717) is 6.54 Å². The lowest BCUT2D eigenvalue weighted by Gasteiger charge is -2.28. The van der Waals surface area contributed by atoms with Crippen LogP contribution >= 0.6 is 0 Å². The fourth-order valence-electron chi connectivity index (χ4n) is 2.26. The van der Waals surface area contributed by atoms with E-state index in [1.54, 1.807) is 4.90 Å². The summed E-state index contributed by atoms with van der Waals surface area (Å²) in [5.41, 5.74) is 0. The van der Waals surface area contributed by atoms with Crippen LogP contribution in [0.3, 0.4) is 0 Å². The van der Waals surface area contributed by atoms with Gasteiger partial charge in [-0.25, -0.2) is 9.59 Å². The quantitative estimate of drug-likeness (QED) is 0.751. The Morgan fingerprint density at radius 2 is 2.05 bits per heavy atom. The molecule has 1 fully saturated rings. The second-order valence-electron chi connectivity index (χ2n) is 5.01. The molecule has 0 aliphatic carbocycles. The van der Waals surface area contributed by atoms with Crippen molar-refractivity contribution < 1.29 is 24.2 Å². The summed E-state index contributed by atoms with van der Waals surface area (Å²) in [6.07, 6.45) is 3.57. The van der Waals surface area contributed by atoms with Crippen LogP contribution in [0.1, 0.15) is 39.0 Å². The highest BCUT2D eigenvalue weighted by Gasteiger charge is 2.28. The number of rotatable bonds is 4. The van der Waals surface area contributed by atoms with E-state index in [0.717, 1.165) is 25.7 Å². The number of hydrogen-bond acceptors (Lipinski definition) is 4. The number of urea groups is 1. The second-order valence-corrected chi connectivity index (χ2v) is 5.01. The summed E-state index contributed by atoms with van der Waals surface area (Å²) < 4.78 is 4.43. The van der Waals surface area contributed by atoms with Crippen molar-refractivity contribution in [1.29, 1.82) is 0 Å². The summed E-state index contributed by atoms with van der Waals surface area (Å²) in [5, 5.41) is 11.4. The van der Waals surface area contributed by atoms with Crippen LogP contribution in [-0.4, -0.2) is 53.7 Å². The summed E-state index contributed by atoms with van der Waals surface area (Å²) >= 11 is 0. The Bertz CT molecular complexity index is 372. The first-order valence-electron chi connectivity index (χ1n) is 6.82. The average molecular weight is 286 g/mol. The number of carbonyl (C=O) groups excluding carboxylic acids is 2. The molecule has 0 spiro atoms. The third-order valence-corrected chi connectivity index (χ3v) is 3.51. The lowest BCUT2D eigenvalue weighted by molar-refractivity contribution is -0.147. The van der Waals surface area contributed by atoms with E-state index in [4.69, 9.17) is 5.11 Å². The molecule has 0 aromatic rings. The van der Waals surface area contributed by atoms with Crippen LogP contribution in [0.15, 0.2) is 0 Å². The minimum Gasteiger partial charge on any atom is -0.480 e. The molecule has 1 aliphatic heterocycles. The molecule has 114 valence electrons. The minimum absolute atomic E-state index is 0.0741. The molecule has 0 aromatic carbocycles. The SMILES string of the molecule is COC(=O)C[C@H](NC(=O)N1CCCCCC1C)C(=O)O. The fourth-order valence-corrected chi connectivity index (χ4v) is 2.26. The number of methoxy groups -OCH3 is 1. The number of nitrogens with one attached hydrogen (secondary N) is 1. The molecule has 1 rings (SSSR count). The van der Waals surface area contributed by atoms with E-state index >= 15 is 0 Å². The van der Waals surface area contributed by atoms with Crippen LogP contribution in [-0.2, 0) is 14.3 Å². The maximum atomic E-state index is 12.1. The number of hydrogen-bond donors (Lipinski definition) is 2. The second kappa shape index (κ2) is 7.72. The van der Waals surface area contributed by atoms with Crippen LogP contribution in [0.2, 0.25) is 0 Å². The van der Waals surface area contributed by atoms with E-state index in [1.165, 1.54) is 7.11 Å².